The number of halogens is 1. The van der Waals surface area contributed by atoms with Crippen molar-refractivity contribution in [2.45, 2.75) is 18.4 Å². The quantitative estimate of drug-likeness (QED) is 0.792. The number of nitrogens with one attached hydrogen (secondary N) is 1. The van der Waals surface area contributed by atoms with Gasteiger partial charge in [0.15, 0.2) is 21.6 Å². The Bertz CT molecular complexity index is 800. The van der Waals surface area contributed by atoms with Crippen molar-refractivity contribution < 1.29 is 16.3 Å². The van der Waals surface area contributed by atoms with E-state index >= 15 is 0 Å². The number of rotatable bonds is 1. The molecule has 3 fully saturated rings. The Kier molecular flexibility index (Phi) is 3.05. The van der Waals surface area contributed by atoms with E-state index in [0.29, 0.717) is 17.1 Å². The van der Waals surface area contributed by atoms with Crippen LogP contribution >= 0.6 is 11.3 Å². The smallest absolute Gasteiger partial charge is 0.319 e. The summed E-state index contributed by atoms with van der Waals surface area (Å²) in [5.74, 6) is 0.621. The van der Waals surface area contributed by atoms with Crippen molar-refractivity contribution in [1.29, 1.82) is 0 Å². The van der Waals surface area contributed by atoms with E-state index in [2.05, 4.69) is 25.2 Å². The van der Waals surface area contributed by atoms with Gasteiger partial charge in [-0.05, 0) is 32.0 Å². The van der Waals surface area contributed by atoms with E-state index in [1.54, 1.807) is 6.07 Å². The molecule has 1 N–H and O–H groups in total. The van der Waals surface area contributed by atoms with Gasteiger partial charge in [0, 0.05) is 18.5 Å². The average molecular weight is 351 g/mol. The van der Waals surface area contributed by atoms with Crippen molar-refractivity contribution in [3.05, 3.63) is 17.3 Å². The standard InChI is InChI=1S/C15H17ClN5OS/c16-11-2-1-10-12(19-11)23-14(18-10)20-13-17-7-15(22-13)8-21-5-3-9(15)4-6-21/h1-2,9,16H,3-8H2,(H,17,18,20)/q+1/t15-/m0/s1. The third-order valence-electron chi connectivity index (χ3n) is 5.06. The number of amidine groups is 1. The summed E-state index contributed by atoms with van der Waals surface area (Å²) in [6, 6.07) is 4.29. The Morgan fingerprint density at radius 1 is 1.30 bits per heavy atom. The number of thiazole rings is 1. The molecular formula is C15H17ClN5OS+. The van der Waals surface area contributed by atoms with Gasteiger partial charge in [-0.2, -0.15) is 4.98 Å². The number of aromatic nitrogens is 2. The Morgan fingerprint density at radius 2 is 2.17 bits per heavy atom. The Morgan fingerprint density at radius 3 is 2.96 bits per heavy atom. The average Bonchev–Trinajstić information content (AvgIpc) is 3.12. The number of fused-ring (bicyclic) bond motifs is 3. The molecule has 8 heteroatoms. The molecule has 0 aliphatic carbocycles. The molecule has 2 aromatic rings. The number of hydrogen-bond acceptors (Lipinski definition) is 7. The van der Waals surface area contributed by atoms with Crippen molar-refractivity contribution >= 4 is 32.8 Å². The van der Waals surface area contributed by atoms with E-state index in [-0.39, 0.29) is 5.60 Å². The molecule has 0 saturated carbocycles. The zero-order chi connectivity index (χ0) is 15.4. The summed E-state index contributed by atoms with van der Waals surface area (Å²) in [6.45, 7) is 4.14. The van der Waals surface area contributed by atoms with Gasteiger partial charge >= 0.3 is 5.15 Å². The summed E-state index contributed by atoms with van der Waals surface area (Å²) >= 11 is 6.58. The first-order valence-electron chi connectivity index (χ1n) is 7.88. The second-order valence-corrected chi connectivity index (χ2v) is 7.85. The molecule has 120 valence electrons. The van der Waals surface area contributed by atoms with Crippen molar-refractivity contribution in [3.63, 3.8) is 0 Å². The van der Waals surface area contributed by atoms with Crippen LogP contribution in [0, 0.1) is 17.5 Å². The molecule has 0 unspecified atom stereocenters. The van der Waals surface area contributed by atoms with Gasteiger partial charge in [-0.1, -0.05) is 11.3 Å². The van der Waals surface area contributed by atoms with Crippen LogP contribution in [0.1, 0.15) is 12.8 Å². The minimum absolute atomic E-state index is 0.123. The van der Waals surface area contributed by atoms with Crippen LogP contribution in [-0.2, 0) is 4.74 Å². The molecule has 6 nitrogen and oxygen atoms in total. The molecule has 0 aromatic carbocycles. The number of aliphatic imine (C=N–C) groups is 1. The van der Waals surface area contributed by atoms with Crippen LogP contribution in [0.4, 0.5) is 5.13 Å². The van der Waals surface area contributed by atoms with Crippen LogP contribution in [0.3, 0.4) is 0 Å². The minimum Gasteiger partial charge on any atom is -0.455 e. The largest absolute Gasteiger partial charge is 0.455 e. The van der Waals surface area contributed by atoms with Crippen LogP contribution in [0.2, 0.25) is 5.15 Å². The van der Waals surface area contributed by atoms with Crippen LogP contribution in [-0.4, -0.2) is 52.7 Å². The predicted molar refractivity (Wildman–Crippen MR) is 86.9 cm³/mol. The topological polar surface area (TPSA) is 62.6 Å². The molecule has 6 heterocycles. The monoisotopic (exact) mass is 350 g/mol. The summed E-state index contributed by atoms with van der Waals surface area (Å²) in [6.07, 6.45) is 2.44. The first-order chi connectivity index (χ1) is 11.2. The molecule has 0 radical (unpaired) electrons. The molecule has 23 heavy (non-hydrogen) atoms. The molecule has 4 aliphatic rings. The van der Waals surface area contributed by atoms with Gasteiger partial charge in [-0.3, -0.25) is 10.2 Å². The predicted octanol–water partition coefficient (Wildman–Crippen LogP) is 1.65. The van der Waals surface area contributed by atoms with Gasteiger partial charge in [0.05, 0.1) is 6.54 Å². The maximum Gasteiger partial charge on any atom is 0.319 e. The Labute approximate surface area is 142 Å². The van der Waals surface area contributed by atoms with E-state index in [0.717, 1.165) is 28.6 Å². The number of ether oxygens (including phenoxy) is 1. The maximum atomic E-state index is 6.27. The van der Waals surface area contributed by atoms with Gasteiger partial charge in [0.2, 0.25) is 0 Å². The third-order valence-corrected chi connectivity index (χ3v) is 6.16. The van der Waals surface area contributed by atoms with Crippen LogP contribution in [0.5, 0.6) is 0 Å². The van der Waals surface area contributed by atoms with E-state index < -0.39 is 0 Å². The van der Waals surface area contributed by atoms with Gasteiger partial charge in [0.25, 0.3) is 6.02 Å². The molecule has 4 aliphatic heterocycles. The van der Waals surface area contributed by atoms with E-state index in [9.17, 15) is 0 Å². The summed E-state index contributed by atoms with van der Waals surface area (Å²) in [7, 11) is 0. The second-order valence-electron chi connectivity index (χ2n) is 6.46. The zero-order valence-corrected chi connectivity index (χ0v) is 14.1. The molecule has 2 bridgehead atoms. The molecule has 1 spiro atoms. The first kappa shape index (κ1) is 13.9. The van der Waals surface area contributed by atoms with Gasteiger partial charge < -0.3 is 4.74 Å². The Hall–Kier alpha value is -1.44. The van der Waals surface area contributed by atoms with Crippen LogP contribution < -0.4 is 5.32 Å². The van der Waals surface area contributed by atoms with Crippen LogP contribution in [0.15, 0.2) is 17.1 Å². The van der Waals surface area contributed by atoms with E-state index in [1.807, 2.05) is 6.07 Å². The molecule has 3 saturated heterocycles. The fourth-order valence-corrected chi connectivity index (χ4v) is 4.94. The number of piperidine rings is 3. The summed E-state index contributed by atoms with van der Waals surface area (Å²) < 4.78 is 6.27. The van der Waals surface area contributed by atoms with Gasteiger partial charge in [0.1, 0.15) is 11.1 Å². The summed E-state index contributed by atoms with van der Waals surface area (Å²) in [5, 5.41) is 4.57. The fraction of sp³-hybridized carbons (Fsp3) is 0.533. The van der Waals surface area contributed by atoms with E-state index in [1.165, 1.54) is 37.3 Å². The molecule has 2 aromatic heterocycles. The first-order valence-corrected chi connectivity index (χ1v) is 9.10. The SMILES string of the molecule is [ClH+]c1ccc2nc(NC3=NC[C@@]4(CN5CCC4CC5)O3)sc2n1. The molecule has 6 rings (SSSR count). The van der Waals surface area contributed by atoms with Crippen LogP contribution in [0.25, 0.3) is 10.3 Å². The maximum absolute atomic E-state index is 6.27. The highest BCUT2D eigenvalue weighted by Gasteiger charge is 2.51. The van der Waals surface area contributed by atoms with Crippen molar-refractivity contribution in [2.75, 3.05) is 31.5 Å². The lowest BCUT2D eigenvalue weighted by molar-refractivity contribution is -0.295. The van der Waals surface area contributed by atoms with Crippen molar-refractivity contribution in [2.24, 2.45) is 10.9 Å². The van der Waals surface area contributed by atoms with E-state index in [4.69, 9.17) is 16.3 Å². The molecule has 0 amide bonds. The Balaban J connectivity index is 1.35. The lowest BCUT2D eigenvalue weighted by atomic mass is 9.75. The number of hydrogen-bond donors (Lipinski definition) is 1. The minimum atomic E-state index is -0.123. The highest BCUT2D eigenvalue weighted by molar-refractivity contribution is 7.21. The highest BCUT2D eigenvalue weighted by Crippen LogP contribution is 2.41. The zero-order valence-electron chi connectivity index (χ0n) is 12.5. The number of anilines is 1. The fourth-order valence-electron chi connectivity index (χ4n) is 3.89. The lowest BCUT2D eigenvalue weighted by Gasteiger charge is -2.50. The summed E-state index contributed by atoms with van der Waals surface area (Å²) in [4.78, 5) is 16.8. The number of pyridine rings is 1. The highest BCUT2D eigenvalue weighted by atomic mass is 35.5. The molecule has 1 atom stereocenters. The normalized spacial score (nSPS) is 32.3. The summed E-state index contributed by atoms with van der Waals surface area (Å²) in [5.41, 5.74) is 0.726. The van der Waals surface area contributed by atoms with Crippen molar-refractivity contribution in [3.8, 4) is 0 Å². The molecular weight excluding hydrogens is 334 g/mol. The van der Waals surface area contributed by atoms with Gasteiger partial charge in [-0.15, -0.1) is 0 Å². The third kappa shape index (κ3) is 2.29. The van der Waals surface area contributed by atoms with Gasteiger partial charge in [-0.25, -0.2) is 9.98 Å². The van der Waals surface area contributed by atoms with Crippen molar-refractivity contribution in [1.82, 2.24) is 14.9 Å². The lowest BCUT2D eigenvalue weighted by Crippen LogP contribution is -2.61. The number of nitrogens with zero attached hydrogens (tertiary/aromatic N) is 4. The second kappa shape index (κ2) is 5.03.